The van der Waals surface area contributed by atoms with Gasteiger partial charge in [0, 0.05) is 24.7 Å². The zero-order chi connectivity index (χ0) is 13.8. The van der Waals surface area contributed by atoms with Crippen LogP contribution >= 0.6 is 11.6 Å². The Balaban J connectivity index is 2.23. The Hall–Kier alpha value is -1.59. The molecule has 1 heterocycles. The topological polar surface area (TPSA) is 75.4 Å². The number of benzene rings is 1. The highest BCUT2D eigenvalue weighted by atomic mass is 35.5. The van der Waals surface area contributed by atoms with Crippen LogP contribution in [0.15, 0.2) is 24.3 Å². The largest absolute Gasteiger partial charge is 0.369 e. The molecule has 3 N–H and O–H groups in total. The Labute approximate surface area is 116 Å². The first-order valence-corrected chi connectivity index (χ1v) is 6.50. The van der Waals surface area contributed by atoms with E-state index in [1.807, 2.05) is 18.2 Å². The zero-order valence-electron chi connectivity index (χ0n) is 10.4. The first kappa shape index (κ1) is 13.8. The van der Waals surface area contributed by atoms with Crippen molar-refractivity contribution < 1.29 is 9.59 Å². The predicted molar refractivity (Wildman–Crippen MR) is 72.6 cm³/mol. The number of rotatable bonds is 3. The number of nitrogens with zero attached hydrogens (tertiary/aromatic N) is 1. The molecule has 1 aromatic rings. The molecular weight excluding hydrogens is 266 g/mol. The first-order valence-electron chi connectivity index (χ1n) is 6.12. The lowest BCUT2D eigenvalue weighted by molar-refractivity contribution is -0.137. The number of piperazine rings is 1. The average molecular weight is 282 g/mol. The lowest BCUT2D eigenvalue weighted by Gasteiger charge is -2.36. The monoisotopic (exact) mass is 281 g/mol. The summed E-state index contributed by atoms with van der Waals surface area (Å²) in [5.74, 6) is -0.861. The van der Waals surface area contributed by atoms with Crippen molar-refractivity contribution in [2.75, 3.05) is 19.6 Å². The Morgan fingerprint density at radius 1 is 1.42 bits per heavy atom. The van der Waals surface area contributed by atoms with Gasteiger partial charge in [0.25, 0.3) is 0 Å². The predicted octanol–water partition coefficient (Wildman–Crippen LogP) is 0.688. The van der Waals surface area contributed by atoms with Crippen molar-refractivity contribution in [2.24, 2.45) is 5.73 Å². The van der Waals surface area contributed by atoms with Gasteiger partial charge in [-0.3, -0.25) is 9.59 Å². The Morgan fingerprint density at radius 3 is 2.84 bits per heavy atom. The van der Waals surface area contributed by atoms with Gasteiger partial charge in [-0.25, -0.2) is 0 Å². The molecule has 5 nitrogen and oxygen atoms in total. The van der Waals surface area contributed by atoms with E-state index in [-0.39, 0.29) is 18.4 Å². The summed E-state index contributed by atoms with van der Waals surface area (Å²) in [6.07, 6.45) is -0.263. The van der Waals surface area contributed by atoms with Crippen LogP contribution in [0.4, 0.5) is 0 Å². The molecule has 2 rings (SSSR count). The van der Waals surface area contributed by atoms with E-state index in [2.05, 4.69) is 5.32 Å². The molecule has 0 bridgehead atoms. The number of primary amides is 1. The molecular formula is C13H16ClN3O2. The smallest absolute Gasteiger partial charge is 0.232 e. The van der Waals surface area contributed by atoms with Crippen molar-refractivity contribution in [3.63, 3.8) is 0 Å². The van der Waals surface area contributed by atoms with Crippen LogP contribution in [-0.4, -0.2) is 36.3 Å². The molecule has 19 heavy (non-hydrogen) atoms. The maximum atomic E-state index is 12.1. The standard InChI is InChI=1S/C13H16ClN3O2/c14-10-4-2-1-3-9(10)11-8-16-5-6-17(11)13(19)7-12(15)18/h1-4,11,16H,5-8H2,(H2,15,18). The second kappa shape index (κ2) is 6.04. The second-order valence-electron chi connectivity index (χ2n) is 4.47. The average Bonchev–Trinajstić information content (AvgIpc) is 2.38. The van der Waals surface area contributed by atoms with Crippen LogP contribution in [0.1, 0.15) is 18.0 Å². The molecule has 6 heteroatoms. The van der Waals surface area contributed by atoms with Crippen LogP contribution in [0.5, 0.6) is 0 Å². The van der Waals surface area contributed by atoms with Crippen LogP contribution in [0.3, 0.4) is 0 Å². The van der Waals surface area contributed by atoms with Gasteiger partial charge in [-0.15, -0.1) is 0 Å². The third-order valence-corrected chi connectivity index (χ3v) is 3.50. The number of carbonyl (C=O) groups excluding carboxylic acids is 2. The lowest BCUT2D eigenvalue weighted by atomic mass is 10.0. The Bertz CT molecular complexity index is 493. The van der Waals surface area contributed by atoms with Gasteiger partial charge < -0.3 is 16.0 Å². The van der Waals surface area contributed by atoms with Gasteiger partial charge in [-0.05, 0) is 11.6 Å². The summed E-state index contributed by atoms with van der Waals surface area (Å²) in [6, 6.07) is 7.26. The van der Waals surface area contributed by atoms with E-state index in [1.165, 1.54) is 0 Å². The summed E-state index contributed by atoms with van der Waals surface area (Å²) in [5, 5.41) is 3.85. The molecule has 2 amide bonds. The molecule has 1 aromatic carbocycles. The summed E-state index contributed by atoms with van der Waals surface area (Å²) in [6.45, 7) is 1.86. The van der Waals surface area contributed by atoms with E-state index < -0.39 is 5.91 Å². The minimum Gasteiger partial charge on any atom is -0.369 e. The quantitative estimate of drug-likeness (QED) is 0.801. The number of amides is 2. The molecule has 0 aliphatic carbocycles. The van der Waals surface area contributed by atoms with Crippen LogP contribution in [-0.2, 0) is 9.59 Å². The highest BCUT2D eigenvalue weighted by Gasteiger charge is 2.29. The third-order valence-electron chi connectivity index (χ3n) is 3.15. The second-order valence-corrected chi connectivity index (χ2v) is 4.88. The molecule has 0 saturated carbocycles. The molecule has 1 unspecified atom stereocenters. The number of halogens is 1. The minimum atomic E-state index is -0.610. The SMILES string of the molecule is NC(=O)CC(=O)N1CCNCC1c1ccccc1Cl. The molecule has 102 valence electrons. The van der Waals surface area contributed by atoms with E-state index in [0.717, 1.165) is 5.56 Å². The van der Waals surface area contributed by atoms with Crippen LogP contribution in [0.2, 0.25) is 5.02 Å². The lowest BCUT2D eigenvalue weighted by Crippen LogP contribution is -2.49. The van der Waals surface area contributed by atoms with Crippen molar-refractivity contribution in [3.05, 3.63) is 34.9 Å². The maximum absolute atomic E-state index is 12.1. The fraction of sp³-hybridized carbons (Fsp3) is 0.385. The van der Waals surface area contributed by atoms with Crippen molar-refractivity contribution in [2.45, 2.75) is 12.5 Å². The van der Waals surface area contributed by atoms with E-state index in [0.29, 0.717) is 24.7 Å². The van der Waals surface area contributed by atoms with Crippen molar-refractivity contribution in [1.82, 2.24) is 10.2 Å². The highest BCUT2D eigenvalue weighted by molar-refractivity contribution is 6.31. The fourth-order valence-electron chi connectivity index (χ4n) is 2.28. The van der Waals surface area contributed by atoms with Gasteiger partial charge in [-0.2, -0.15) is 0 Å². The van der Waals surface area contributed by atoms with Crippen molar-refractivity contribution in [3.8, 4) is 0 Å². The Morgan fingerprint density at radius 2 is 2.16 bits per heavy atom. The number of hydrogen-bond donors (Lipinski definition) is 2. The molecule has 0 aromatic heterocycles. The highest BCUT2D eigenvalue weighted by Crippen LogP contribution is 2.28. The minimum absolute atomic E-state index is 0.158. The molecule has 1 aliphatic heterocycles. The van der Waals surface area contributed by atoms with Crippen LogP contribution in [0.25, 0.3) is 0 Å². The number of hydrogen-bond acceptors (Lipinski definition) is 3. The number of nitrogens with two attached hydrogens (primary N) is 1. The van der Waals surface area contributed by atoms with Gasteiger partial charge in [0.05, 0.1) is 6.04 Å². The van der Waals surface area contributed by atoms with Crippen molar-refractivity contribution >= 4 is 23.4 Å². The summed E-state index contributed by atoms with van der Waals surface area (Å²) in [5.41, 5.74) is 5.97. The van der Waals surface area contributed by atoms with Crippen molar-refractivity contribution in [1.29, 1.82) is 0 Å². The molecule has 1 saturated heterocycles. The molecule has 1 atom stereocenters. The Kier molecular flexibility index (Phi) is 4.39. The molecule has 1 fully saturated rings. The third kappa shape index (κ3) is 3.24. The van der Waals surface area contributed by atoms with Gasteiger partial charge in [0.15, 0.2) is 0 Å². The van der Waals surface area contributed by atoms with Crippen LogP contribution < -0.4 is 11.1 Å². The fourth-order valence-corrected chi connectivity index (χ4v) is 2.54. The zero-order valence-corrected chi connectivity index (χ0v) is 11.2. The summed E-state index contributed by atoms with van der Waals surface area (Å²) >= 11 is 6.18. The molecule has 1 aliphatic rings. The van der Waals surface area contributed by atoms with E-state index in [4.69, 9.17) is 17.3 Å². The van der Waals surface area contributed by atoms with Gasteiger partial charge in [0.2, 0.25) is 11.8 Å². The molecule has 0 spiro atoms. The van der Waals surface area contributed by atoms with E-state index in [1.54, 1.807) is 11.0 Å². The molecule has 0 radical (unpaired) electrons. The first-order chi connectivity index (χ1) is 9.09. The maximum Gasteiger partial charge on any atom is 0.232 e. The van der Waals surface area contributed by atoms with E-state index >= 15 is 0 Å². The van der Waals surface area contributed by atoms with Gasteiger partial charge >= 0.3 is 0 Å². The summed E-state index contributed by atoms with van der Waals surface area (Å²) in [7, 11) is 0. The van der Waals surface area contributed by atoms with Gasteiger partial charge in [0.1, 0.15) is 6.42 Å². The van der Waals surface area contributed by atoms with Crippen LogP contribution in [0, 0.1) is 0 Å². The van der Waals surface area contributed by atoms with Gasteiger partial charge in [-0.1, -0.05) is 29.8 Å². The summed E-state index contributed by atoms with van der Waals surface area (Å²) in [4.78, 5) is 24.6. The summed E-state index contributed by atoms with van der Waals surface area (Å²) < 4.78 is 0. The number of carbonyl (C=O) groups is 2. The number of nitrogens with one attached hydrogen (secondary N) is 1. The van der Waals surface area contributed by atoms with E-state index in [9.17, 15) is 9.59 Å². The normalized spacial score (nSPS) is 19.2.